The van der Waals surface area contributed by atoms with E-state index in [1.807, 2.05) is 4.90 Å². The third-order valence-corrected chi connectivity index (χ3v) is 8.22. The molecule has 5 heterocycles. The van der Waals surface area contributed by atoms with E-state index in [4.69, 9.17) is 4.74 Å². The van der Waals surface area contributed by atoms with Gasteiger partial charge in [0, 0.05) is 44.2 Å². The maximum Gasteiger partial charge on any atom is 0.236 e. The molecule has 3 atom stereocenters. The monoisotopic (exact) mass is 430 g/mol. The molecule has 0 aliphatic carbocycles. The van der Waals surface area contributed by atoms with Gasteiger partial charge in [-0.3, -0.25) is 19.6 Å². The Morgan fingerprint density at radius 2 is 1.90 bits per heavy atom. The smallest absolute Gasteiger partial charge is 0.236 e. The van der Waals surface area contributed by atoms with Crippen LogP contribution in [0.25, 0.3) is 0 Å². The zero-order valence-corrected chi connectivity index (χ0v) is 18.5. The molecule has 0 aromatic carbocycles. The van der Waals surface area contributed by atoms with Crippen molar-refractivity contribution in [2.45, 2.75) is 63.5 Å². The van der Waals surface area contributed by atoms with Crippen LogP contribution in [-0.4, -0.2) is 99.7 Å². The van der Waals surface area contributed by atoms with Crippen LogP contribution >= 0.6 is 0 Å². The summed E-state index contributed by atoms with van der Waals surface area (Å²) in [5.74, 6) is 1.78. The number of carbonyl (C=O) groups is 2. The van der Waals surface area contributed by atoms with Gasteiger partial charge >= 0.3 is 0 Å². The number of carbonyl (C=O) groups excluding carboxylic acids is 2. The van der Waals surface area contributed by atoms with E-state index >= 15 is 0 Å². The average molecular weight is 431 g/mol. The summed E-state index contributed by atoms with van der Waals surface area (Å²) < 4.78 is 5.39. The zero-order valence-electron chi connectivity index (χ0n) is 18.5. The first-order valence-corrected chi connectivity index (χ1v) is 11.9. The van der Waals surface area contributed by atoms with E-state index in [-0.39, 0.29) is 17.4 Å². The highest BCUT2D eigenvalue weighted by atomic mass is 16.5. The molecule has 0 spiro atoms. The maximum absolute atomic E-state index is 13.8. The molecule has 1 aromatic rings. The number of aromatic amines is 1. The van der Waals surface area contributed by atoms with E-state index in [9.17, 15) is 9.59 Å². The topological polar surface area (TPSA) is 94.7 Å². The lowest BCUT2D eigenvalue weighted by atomic mass is 9.70. The van der Waals surface area contributed by atoms with Gasteiger partial charge in [-0.25, -0.2) is 4.98 Å². The van der Waals surface area contributed by atoms with Crippen LogP contribution in [-0.2, 0) is 14.3 Å². The van der Waals surface area contributed by atoms with Gasteiger partial charge in [-0.05, 0) is 38.5 Å². The van der Waals surface area contributed by atoms with Crippen molar-refractivity contribution in [3.63, 3.8) is 0 Å². The summed E-state index contributed by atoms with van der Waals surface area (Å²) in [5, 5.41) is 6.95. The number of H-pyrrole nitrogens is 1. The molecule has 170 valence electrons. The highest BCUT2D eigenvalue weighted by Gasteiger charge is 2.60. The molecule has 2 bridgehead atoms. The van der Waals surface area contributed by atoms with E-state index in [1.165, 1.54) is 0 Å². The number of likely N-dealkylation sites (tertiary alicyclic amines) is 1. The van der Waals surface area contributed by atoms with Crippen molar-refractivity contribution in [3.05, 3.63) is 12.2 Å². The second-order valence-corrected chi connectivity index (χ2v) is 9.56. The van der Waals surface area contributed by atoms with E-state index in [0.29, 0.717) is 50.7 Å². The molecular weight excluding hydrogens is 396 g/mol. The summed E-state index contributed by atoms with van der Waals surface area (Å²) in [6, 6.07) is 0.539. The number of nitrogens with one attached hydrogen (secondary N) is 1. The Hall–Kier alpha value is -2.00. The largest absolute Gasteiger partial charge is 0.378 e. The molecule has 4 aliphatic heterocycles. The molecule has 0 saturated carbocycles. The Kier molecular flexibility index (Phi) is 5.73. The number of piperidine rings is 1. The van der Waals surface area contributed by atoms with Gasteiger partial charge in [-0.1, -0.05) is 6.92 Å². The number of morpholine rings is 1. The predicted molar refractivity (Wildman–Crippen MR) is 113 cm³/mol. The normalized spacial score (nSPS) is 32.0. The van der Waals surface area contributed by atoms with Gasteiger partial charge in [0.25, 0.3) is 0 Å². The van der Waals surface area contributed by atoms with E-state index < -0.39 is 0 Å². The Labute approximate surface area is 183 Å². The van der Waals surface area contributed by atoms with Gasteiger partial charge in [0.05, 0.1) is 25.2 Å². The molecular formula is C22H34N6O3. The molecule has 4 aliphatic rings. The fourth-order valence-electron chi connectivity index (χ4n) is 6.46. The predicted octanol–water partition coefficient (Wildman–Crippen LogP) is 1.00. The summed E-state index contributed by atoms with van der Waals surface area (Å²) in [6.45, 7) is 6.76. The Morgan fingerprint density at radius 3 is 2.58 bits per heavy atom. The number of rotatable bonds is 5. The summed E-state index contributed by atoms with van der Waals surface area (Å²) in [4.78, 5) is 37.4. The highest BCUT2D eigenvalue weighted by molar-refractivity contribution is 5.85. The van der Waals surface area contributed by atoms with Crippen LogP contribution in [0.1, 0.15) is 57.2 Å². The zero-order chi connectivity index (χ0) is 21.4. The summed E-state index contributed by atoms with van der Waals surface area (Å²) in [7, 11) is 0. The van der Waals surface area contributed by atoms with Crippen LogP contribution in [0.5, 0.6) is 0 Å². The first kappa shape index (κ1) is 20.9. The lowest BCUT2D eigenvalue weighted by molar-refractivity contribution is -0.146. The summed E-state index contributed by atoms with van der Waals surface area (Å²) >= 11 is 0. The first-order valence-electron chi connectivity index (χ1n) is 11.9. The molecule has 4 fully saturated rings. The number of fused-ring (bicyclic) bond motifs is 2. The Balaban J connectivity index is 1.25. The van der Waals surface area contributed by atoms with Gasteiger partial charge in [0.2, 0.25) is 11.8 Å². The lowest BCUT2D eigenvalue weighted by Crippen LogP contribution is -2.53. The highest BCUT2D eigenvalue weighted by Crippen LogP contribution is 2.53. The minimum atomic E-state index is -0.340. The number of amides is 2. The second-order valence-electron chi connectivity index (χ2n) is 9.56. The van der Waals surface area contributed by atoms with Crippen molar-refractivity contribution >= 4 is 11.8 Å². The number of hydrogen-bond donors (Lipinski definition) is 1. The van der Waals surface area contributed by atoms with Gasteiger partial charge in [0.1, 0.15) is 12.2 Å². The lowest BCUT2D eigenvalue weighted by Gasteiger charge is -2.42. The van der Waals surface area contributed by atoms with Crippen LogP contribution in [0.3, 0.4) is 0 Å². The maximum atomic E-state index is 13.8. The van der Waals surface area contributed by atoms with Crippen molar-refractivity contribution in [1.82, 2.24) is 29.9 Å². The van der Waals surface area contributed by atoms with E-state index in [0.717, 1.165) is 57.4 Å². The minimum Gasteiger partial charge on any atom is -0.378 e. The van der Waals surface area contributed by atoms with E-state index in [2.05, 4.69) is 31.9 Å². The first-order chi connectivity index (χ1) is 15.1. The summed E-state index contributed by atoms with van der Waals surface area (Å²) in [6.07, 6.45) is 7.27. The molecule has 1 aromatic heterocycles. The Morgan fingerprint density at radius 1 is 1.13 bits per heavy atom. The van der Waals surface area contributed by atoms with Gasteiger partial charge in [-0.15, -0.1) is 0 Å². The number of aromatic nitrogens is 3. The standard InChI is InChI=1S/C22H34N6O3/c1-2-22(21(30)27-7-5-16(6-8-27)20-23-15-24-25-20)13-17-3-4-18(22)28(17)14-19(29)26-9-11-31-12-10-26/h15-18H,2-14H2,1H3,(H,23,24,25)/t17-,18+,22+/m1/s1. The molecule has 4 saturated heterocycles. The van der Waals surface area contributed by atoms with Crippen LogP contribution in [0.4, 0.5) is 0 Å². The number of ether oxygens (including phenoxy) is 1. The quantitative estimate of drug-likeness (QED) is 0.749. The van der Waals surface area contributed by atoms with E-state index in [1.54, 1.807) is 6.33 Å². The van der Waals surface area contributed by atoms with Crippen LogP contribution in [0, 0.1) is 5.41 Å². The molecule has 0 radical (unpaired) electrons. The molecule has 1 N–H and O–H groups in total. The minimum absolute atomic E-state index is 0.187. The molecule has 0 unspecified atom stereocenters. The fourth-order valence-corrected chi connectivity index (χ4v) is 6.46. The molecule has 9 nitrogen and oxygen atoms in total. The molecule has 2 amide bonds. The summed E-state index contributed by atoms with van der Waals surface area (Å²) in [5.41, 5.74) is -0.340. The third-order valence-electron chi connectivity index (χ3n) is 8.22. The van der Waals surface area contributed by atoms with Crippen molar-refractivity contribution in [1.29, 1.82) is 0 Å². The van der Waals surface area contributed by atoms with Gasteiger partial charge < -0.3 is 14.5 Å². The van der Waals surface area contributed by atoms with Crippen molar-refractivity contribution < 1.29 is 14.3 Å². The van der Waals surface area contributed by atoms with Crippen LogP contribution < -0.4 is 0 Å². The fraction of sp³-hybridized carbons (Fsp3) is 0.818. The van der Waals surface area contributed by atoms with Crippen molar-refractivity contribution in [3.8, 4) is 0 Å². The molecule has 5 rings (SSSR count). The third kappa shape index (κ3) is 3.65. The average Bonchev–Trinajstić information content (AvgIpc) is 3.56. The SMILES string of the molecule is CC[C@]1(C(=O)N2CCC(c3ncn[nH]3)CC2)C[C@H]2CC[C@@H]1N2CC(=O)N1CCOCC1. The van der Waals surface area contributed by atoms with Crippen LogP contribution in [0.2, 0.25) is 0 Å². The van der Waals surface area contributed by atoms with Crippen LogP contribution in [0.15, 0.2) is 6.33 Å². The Bertz CT molecular complexity index is 787. The number of hydrogen-bond acceptors (Lipinski definition) is 6. The van der Waals surface area contributed by atoms with Crippen molar-refractivity contribution in [2.24, 2.45) is 5.41 Å². The molecule has 31 heavy (non-hydrogen) atoms. The number of nitrogens with zero attached hydrogens (tertiary/aromatic N) is 5. The molecule has 9 heteroatoms. The second kappa shape index (κ2) is 8.50. The van der Waals surface area contributed by atoms with Gasteiger partial charge in [-0.2, -0.15) is 5.10 Å². The van der Waals surface area contributed by atoms with Gasteiger partial charge in [0.15, 0.2) is 0 Å². The van der Waals surface area contributed by atoms with Crippen molar-refractivity contribution in [2.75, 3.05) is 45.9 Å².